The number of nitrogens with zero attached hydrogens (tertiary/aromatic N) is 4. The van der Waals surface area contributed by atoms with Crippen molar-refractivity contribution in [3.05, 3.63) is 11.7 Å². The molecule has 7 heteroatoms. The molecule has 0 N–H and O–H groups in total. The number of aromatic nitrogens is 2. The first-order valence-electron chi connectivity index (χ1n) is 7.77. The molecule has 22 heavy (non-hydrogen) atoms. The third-order valence-corrected chi connectivity index (χ3v) is 4.45. The molecule has 3 rings (SSSR count). The standard InChI is InChI=1S/C15H20N4O3/c1-11-9-19(6-7-21-11)13(20)8-12-17-14(22-18-12)15(10-16)4-2-3-5-15/h11H,2-9H2,1H3. The molecule has 2 heterocycles. The highest BCUT2D eigenvalue weighted by Crippen LogP contribution is 2.39. The van der Waals surface area contributed by atoms with Crippen LogP contribution in [0.1, 0.15) is 44.3 Å². The normalized spacial score (nSPS) is 24.2. The van der Waals surface area contributed by atoms with Crippen LogP contribution in [0.15, 0.2) is 4.52 Å². The van der Waals surface area contributed by atoms with Gasteiger partial charge in [-0.15, -0.1) is 0 Å². The van der Waals surface area contributed by atoms with Gasteiger partial charge >= 0.3 is 0 Å². The lowest BCUT2D eigenvalue weighted by Gasteiger charge is -2.30. The number of morpholine rings is 1. The molecule has 118 valence electrons. The summed E-state index contributed by atoms with van der Waals surface area (Å²) in [6, 6.07) is 2.32. The molecule has 1 atom stereocenters. The van der Waals surface area contributed by atoms with Gasteiger partial charge in [0.2, 0.25) is 11.8 Å². The smallest absolute Gasteiger partial charge is 0.247 e. The first kappa shape index (κ1) is 15.0. The number of amides is 1. The Kier molecular flexibility index (Phi) is 4.12. The Balaban J connectivity index is 1.67. The van der Waals surface area contributed by atoms with E-state index in [1.165, 1.54) is 0 Å². The number of hydrogen-bond acceptors (Lipinski definition) is 6. The van der Waals surface area contributed by atoms with Crippen LogP contribution in [-0.4, -0.2) is 46.7 Å². The zero-order valence-corrected chi connectivity index (χ0v) is 12.7. The summed E-state index contributed by atoms with van der Waals surface area (Å²) in [6.07, 6.45) is 3.66. The fourth-order valence-electron chi connectivity index (χ4n) is 3.16. The quantitative estimate of drug-likeness (QED) is 0.833. The minimum absolute atomic E-state index is 0.0278. The highest BCUT2D eigenvalue weighted by molar-refractivity contribution is 5.78. The number of carbonyl (C=O) groups is 1. The summed E-state index contributed by atoms with van der Waals surface area (Å²) in [5.74, 6) is 0.700. The van der Waals surface area contributed by atoms with Gasteiger partial charge in [-0.2, -0.15) is 10.2 Å². The summed E-state index contributed by atoms with van der Waals surface area (Å²) in [5.41, 5.74) is -0.651. The van der Waals surface area contributed by atoms with E-state index in [4.69, 9.17) is 9.26 Å². The van der Waals surface area contributed by atoms with Gasteiger partial charge in [0.15, 0.2) is 5.82 Å². The first-order chi connectivity index (χ1) is 10.6. The van der Waals surface area contributed by atoms with Gasteiger partial charge < -0.3 is 14.2 Å². The molecule has 0 spiro atoms. The van der Waals surface area contributed by atoms with Crippen molar-refractivity contribution in [2.24, 2.45) is 0 Å². The molecule has 1 saturated heterocycles. The molecule has 1 aliphatic carbocycles. The minimum Gasteiger partial charge on any atom is -0.375 e. The Morgan fingerprint density at radius 3 is 2.95 bits per heavy atom. The zero-order valence-electron chi connectivity index (χ0n) is 12.7. The predicted molar refractivity (Wildman–Crippen MR) is 75.8 cm³/mol. The average Bonchev–Trinajstić information content (AvgIpc) is 3.16. The molecular formula is C15H20N4O3. The number of rotatable bonds is 3. The zero-order chi connectivity index (χ0) is 15.6. The van der Waals surface area contributed by atoms with Gasteiger partial charge in [0.1, 0.15) is 5.41 Å². The van der Waals surface area contributed by atoms with Gasteiger partial charge in [-0.05, 0) is 19.8 Å². The molecule has 0 radical (unpaired) electrons. The molecule has 0 bridgehead atoms. The first-order valence-corrected chi connectivity index (χ1v) is 7.77. The van der Waals surface area contributed by atoms with E-state index in [-0.39, 0.29) is 18.4 Å². The molecule has 2 aliphatic rings. The monoisotopic (exact) mass is 304 g/mol. The van der Waals surface area contributed by atoms with Crippen LogP contribution in [-0.2, 0) is 21.4 Å². The van der Waals surface area contributed by atoms with E-state index in [9.17, 15) is 10.1 Å². The molecule has 1 saturated carbocycles. The molecule has 1 unspecified atom stereocenters. The van der Waals surface area contributed by atoms with Crippen LogP contribution >= 0.6 is 0 Å². The van der Waals surface area contributed by atoms with E-state index in [1.54, 1.807) is 4.90 Å². The number of carbonyl (C=O) groups excluding carboxylic acids is 1. The largest absolute Gasteiger partial charge is 0.375 e. The summed E-state index contributed by atoms with van der Waals surface area (Å²) in [5, 5.41) is 13.3. The fourth-order valence-corrected chi connectivity index (χ4v) is 3.16. The van der Waals surface area contributed by atoms with Crippen LogP contribution in [0.4, 0.5) is 0 Å². The Bertz CT molecular complexity index is 586. The highest BCUT2D eigenvalue weighted by atomic mass is 16.5. The number of nitriles is 1. The van der Waals surface area contributed by atoms with Crippen LogP contribution in [0.25, 0.3) is 0 Å². The molecule has 1 amide bonds. The van der Waals surface area contributed by atoms with Crippen LogP contribution in [0.5, 0.6) is 0 Å². The van der Waals surface area contributed by atoms with Gasteiger partial charge in [0, 0.05) is 13.1 Å². The van der Waals surface area contributed by atoms with Crippen molar-refractivity contribution >= 4 is 5.91 Å². The molecule has 1 aromatic rings. The molecule has 7 nitrogen and oxygen atoms in total. The van der Waals surface area contributed by atoms with Crippen molar-refractivity contribution in [1.29, 1.82) is 5.26 Å². The van der Waals surface area contributed by atoms with Crippen molar-refractivity contribution in [2.45, 2.75) is 50.5 Å². The topological polar surface area (TPSA) is 92.2 Å². The Hall–Kier alpha value is -1.94. The van der Waals surface area contributed by atoms with Gasteiger partial charge in [0.25, 0.3) is 0 Å². The van der Waals surface area contributed by atoms with Crippen molar-refractivity contribution in [1.82, 2.24) is 15.0 Å². The maximum absolute atomic E-state index is 12.3. The maximum atomic E-state index is 12.3. The van der Waals surface area contributed by atoms with Crippen LogP contribution < -0.4 is 0 Å². The van der Waals surface area contributed by atoms with Crippen LogP contribution in [0.2, 0.25) is 0 Å². The molecule has 1 aromatic heterocycles. The predicted octanol–water partition coefficient (Wildman–Crippen LogP) is 1.19. The second kappa shape index (κ2) is 6.05. The van der Waals surface area contributed by atoms with Crippen molar-refractivity contribution in [3.63, 3.8) is 0 Å². The third kappa shape index (κ3) is 2.83. The fraction of sp³-hybridized carbons (Fsp3) is 0.733. The summed E-state index contributed by atoms with van der Waals surface area (Å²) >= 11 is 0. The van der Waals surface area contributed by atoms with Gasteiger partial charge in [-0.25, -0.2) is 0 Å². The van der Waals surface area contributed by atoms with E-state index in [0.717, 1.165) is 25.7 Å². The SMILES string of the molecule is CC1CN(C(=O)Cc2noc(C3(C#N)CCCC3)n2)CCO1. The van der Waals surface area contributed by atoms with E-state index < -0.39 is 5.41 Å². The molecular weight excluding hydrogens is 284 g/mol. The summed E-state index contributed by atoms with van der Waals surface area (Å²) in [7, 11) is 0. The minimum atomic E-state index is -0.651. The van der Waals surface area contributed by atoms with Gasteiger partial charge in [-0.3, -0.25) is 4.79 Å². The van der Waals surface area contributed by atoms with Gasteiger partial charge in [0.05, 0.1) is 25.2 Å². The van der Waals surface area contributed by atoms with Crippen molar-refractivity contribution in [3.8, 4) is 6.07 Å². The van der Waals surface area contributed by atoms with Crippen molar-refractivity contribution in [2.75, 3.05) is 19.7 Å². The molecule has 1 aliphatic heterocycles. The van der Waals surface area contributed by atoms with Crippen molar-refractivity contribution < 1.29 is 14.1 Å². The molecule has 0 aromatic carbocycles. The average molecular weight is 304 g/mol. The summed E-state index contributed by atoms with van der Waals surface area (Å²) < 4.78 is 10.7. The van der Waals surface area contributed by atoms with E-state index in [2.05, 4.69) is 16.2 Å². The maximum Gasteiger partial charge on any atom is 0.247 e. The highest BCUT2D eigenvalue weighted by Gasteiger charge is 2.41. The summed E-state index contributed by atoms with van der Waals surface area (Å²) in [4.78, 5) is 18.4. The number of ether oxygens (including phenoxy) is 1. The number of hydrogen-bond donors (Lipinski definition) is 0. The Labute approximate surface area is 129 Å². The third-order valence-electron chi connectivity index (χ3n) is 4.45. The van der Waals surface area contributed by atoms with E-state index in [0.29, 0.717) is 31.4 Å². The van der Waals surface area contributed by atoms with E-state index >= 15 is 0 Å². The Morgan fingerprint density at radius 2 is 2.27 bits per heavy atom. The lowest BCUT2D eigenvalue weighted by atomic mass is 9.88. The molecule has 2 fully saturated rings. The lowest BCUT2D eigenvalue weighted by Crippen LogP contribution is -2.45. The second-order valence-corrected chi connectivity index (χ2v) is 6.11. The Morgan fingerprint density at radius 1 is 1.50 bits per heavy atom. The van der Waals surface area contributed by atoms with Gasteiger partial charge in [-0.1, -0.05) is 18.0 Å². The summed E-state index contributed by atoms with van der Waals surface area (Å²) in [6.45, 7) is 3.69. The van der Waals surface area contributed by atoms with E-state index in [1.807, 2.05) is 6.92 Å². The lowest BCUT2D eigenvalue weighted by molar-refractivity contribution is -0.137. The second-order valence-electron chi connectivity index (χ2n) is 6.11. The van der Waals surface area contributed by atoms with Crippen LogP contribution in [0, 0.1) is 11.3 Å². The van der Waals surface area contributed by atoms with Crippen LogP contribution in [0.3, 0.4) is 0 Å².